The minimum atomic E-state index is -0.463. The zero-order valence-corrected chi connectivity index (χ0v) is 24.5. The first-order chi connectivity index (χ1) is 21.4. The van der Waals surface area contributed by atoms with Crippen molar-refractivity contribution in [2.24, 2.45) is 7.05 Å². The Morgan fingerprint density at radius 1 is 1.07 bits per heavy atom. The number of para-hydroxylation sites is 1. The number of rotatable bonds is 7. The number of aromatic amines is 1. The molecule has 7 rings (SSSR count). The van der Waals surface area contributed by atoms with Crippen LogP contribution in [0.3, 0.4) is 0 Å². The number of fused-ring (bicyclic) bond motifs is 2. The van der Waals surface area contributed by atoms with Crippen molar-refractivity contribution < 1.29 is 18.7 Å². The van der Waals surface area contributed by atoms with E-state index in [0.717, 1.165) is 22.4 Å². The normalized spacial score (nSPS) is 14.7. The minimum Gasteiger partial charge on any atom is -0.496 e. The van der Waals surface area contributed by atoms with Gasteiger partial charge in [-0.2, -0.15) is 5.10 Å². The van der Waals surface area contributed by atoms with Crippen molar-refractivity contribution in [1.29, 1.82) is 0 Å². The molecule has 11 nitrogen and oxygen atoms in total. The van der Waals surface area contributed by atoms with Gasteiger partial charge in [0.1, 0.15) is 11.4 Å². The van der Waals surface area contributed by atoms with Crippen LogP contribution in [0.5, 0.6) is 5.75 Å². The van der Waals surface area contributed by atoms with Crippen molar-refractivity contribution in [2.75, 3.05) is 20.2 Å². The number of aryl methyl sites for hydroxylation is 2. The number of halogens is 1. The van der Waals surface area contributed by atoms with Crippen LogP contribution >= 0.6 is 0 Å². The van der Waals surface area contributed by atoms with E-state index in [2.05, 4.69) is 20.4 Å². The number of nitrogens with one attached hydrogen (secondary N) is 1. The number of amides is 2. The maximum Gasteiger partial charge on any atom is 0.270 e. The van der Waals surface area contributed by atoms with Gasteiger partial charge in [0.2, 0.25) is 5.91 Å². The summed E-state index contributed by atoms with van der Waals surface area (Å²) >= 11 is 0. The second kappa shape index (κ2) is 11.1. The van der Waals surface area contributed by atoms with Crippen LogP contribution in [0.4, 0.5) is 4.39 Å². The van der Waals surface area contributed by atoms with Crippen LogP contribution in [-0.2, 0) is 31.5 Å². The molecular weight excluding hydrogens is 563 g/mol. The number of carbonyl (C=O) groups excluding carboxylic acids is 2. The monoisotopic (exact) mass is 594 g/mol. The van der Waals surface area contributed by atoms with Crippen LogP contribution in [0.15, 0.2) is 61.1 Å². The third kappa shape index (κ3) is 4.81. The Kier molecular flexibility index (Phi) is 6.96. The highest BCUT2D eigenvalue weighted by Crippen LogP contribution is 2.40. The van der Waals surface area contributed by atoms with Crippen molar-refractivity contribution in [3.63, 3.8) is 0 Å². The van der Waals surface area contributed by atoms with Gasteiger partial charge in [0.25, 0.3) is 5.91 Å². The van der Waals surface area contributed by atoms with Crippen LogP contribution in [0.1, 0.15) is 40.2 Å². The molecule has 0 bridgehead atoms. The number of H-pyrrole nitrogens is 1. The molecule has 0 unspecified atom stereocenters. The van der Waals surface area contributed by atoms with Gasteiger partial charge < -0.3 is 19.5 Å². The molecule has 44 heavy (non-hydrogen) atoms. The molecule has 1 N–H and O–H groups in total. The molecule has 2 aliphatic rings. The van der Waals surface area contributed by atoms with Crippen molar-refractivity contribution in [1.82, 2.24) is 39.6 Å². The molecule has 2 aliphatic heterocycles. The standard InChI is InChI=1S/C32H31FN8O3/c1-38-27-19-40(18-21(27)16-35-38)32(43)26-15-25-24(22-7-3-4-8-28(22)44-2)14-23(30(33)31(25)36-26)20-6-5-11-39(17-20)29(42)9-12-41-13-10-34-37-41/h3-4,6-8,10,13-16,36H,5,9,11-12,17-19H2,1-2H3. The number of methoxy groups -OCH3 is 1. The lowest BCUT2D eigenvalue weighted by atomic mass is 9.93. The quantitative estimate of drug-likeness (QED) is 0.303. The van der Waals surface area contributed by atoms with E-state index in [1.807, 2.05) is 43.5 Å². The summed E-state index contributed by atoms with van der Waals surface area (Å²) in [5, 5.41) is 12.6. The second-order valence-corrected chi connectivity index (χ2v) is 11.1. The molecule has 5 heterocycles. The first-order valence-corrected chi connectivity index (χ1v) is 14.5. The highest BCUT2D eigenvalue weighted by atomic mass is 19.1. The molecule has 5 aromatic rings. The topological polar surface area (TPSA) is 114 Å². The summed E-state index contributed by atoms with van der Waals surface area (Å²) in [5.74, 6) is -0.0855. The Balaban J connectivity index is 1.25. The first kappa shape index (κ1) is 27.6. The van der Waals surface area contributed by atoms with Gasteiger partial charge in [0.05, 0.1) is 43.8 Å². The molecule has 12 heteroatoms. The van der Waals surface area contributed by atoms with E-state index in [1.165, 1.54) is 0 Å². The summed E-state index contributed by atoms with van der Waals surface area (Å²) in [6.07, 6.45) is 7.93. The lowest BCUT2D eigenvalue weighted by molar-refractivity contribution is -0.131. The van der Waals surface area contributed by atoms with E-state index in [0.29, 0.717) is 60.6 Å². The van der Waals surface area contributed by atoms with Gasteiger partial charge in [-0.25, -0.2) is 4.39 Å². The summed E-state index contributed by atoms with van der Waals surface area (Å²) in [6.45, 7) is 2.12. The van der Waals surface area contributed by atoms with Crippen LogP contribution in [0.25, 0.3) is 27.6 Å². The zero-order valence-electron chi connectivity index (χ0n) is 24.5. The zero-order chi connectivity index (χ0) is 30.4. The van der Waals surface area contributed by atoms with Gasteiger partial charge in [-0.15, -0.1) is 5.10 Å². The Bertz CT molecular complexity index is 1920. The first-order valence-electron chi connectivity index (χ1n) is 14.5. The molecule has 2 amide bonds. The van der Waals surface area contributed by atoms with E-state index in [1.54, 1.807) is 50.9 Å². The second-order valence-electron chi connectivity index (χ2n) is 11.1. The van der Waals surface area contributed by atoms with Gasteiger partial charge >= 0.3 is 0 Å². The summed E-state index contributed by atoms with van der Waals surface area (Å²) in [6, 6.07) is 11.1. The Labute approximate surface area is 252 Å². The average Bonchev–Trinajstić information content (AvgIpc) is 3.86. The molecule has 224 valence electrons. The Hall–Kier alpha value is -5.26. The van der Waals surface area contributed by atoms with Crippen LogP contribution < -0.4 is 4.74 Å². The van der Waals surface area contributed by atoms with Crippen molar-refractivity contribution in [3.05, 3.63) is 89.4 Å². The fraction of sp³-hybridized carbons (Fsp3) is 0.281. The van der Waals surface area contributed by atoms with Crippen LogP contribution in [0.2, 0.25) is 0 Å². The summed E-state index contributed by atoms with van der Waals surface area (Å²) in [4.78, 5) is 33.4. The fourth-order valence-electron chi connectivity index (χ4n) is 6.17. The number of hydrogen-bond acceptors (Lipinski definition) is 6. The Morgan fingerprint density at radius 3 is 2.73 bits per heavy atom. The molecular formula is C32H31FN8O3. The minimum absolute atomic E-state index is 0.0351. The maximum atomic E-state index is 16.5. The molecule has 0 saturated carbocycles. The molecule has 2 aromatic carbocycles. The third-order valence-electron chi connectivity index (χ3n) is 8.49. The van der Waals surface area contributed by atoms with Crippen molar-refractivity contribution >= 4 is 28.3 Å². The largest absolute Gasteiger partial charge is 0.496 e. The van der Waals surface area contributed by atoms with Gasteiger partial charge in [0.15, 0.2) is 5.82 Å². The summed E-state index contributed by atoms with van der Waals surface area (Å²) in [5.41, 5.74) is 5.13. The highest BCUT2D eigenvalue weighted by Gasteiger charge is 2.30. The SMILES string of the molecule is COc1ccccc1-c1cc(C2=CCCN(C(=O)CCn3ccnn3)C2)c(F)c2[nH]c(C(=O)N3Cc4cnn(C)c4C3)cc12. The van der Waals surface area contributed by atoms with Crippen molar-refractivity contribution in [2.45, 2.75) is 32.5 Å². The smallest absolute Gasteiger partial charge is 0.270 e. The molecule has 0 saturated heterocycles. The van der Waals surface area contributed by atoms with E-state index in [9.17, 15) is 9.59 Å². The predicted molar refractivity (Wildman–Crippen MR) is 161 cm³/mol. The highest BCUT2D eigenvalue weighted by molar-refractivity contribution is 6.05. The molecule has 0 atom stereocenters. The number of ether oxygens (including phenoxy) is 1. The molecule has 0 spiro atoms. The van der Waals surface area contributed by atoms with Crippen LogP contribution in [0, 0.1) is 5.82 Å². The molecule has 0 radical (unpaired) electrons. The maximum absolute atomic E-state index is 16.5. The lowest BCUT2D eigenvalue weighted by Gasteiger charge is -2.28. The van der Waals surface area contributed by atoms with Gasteiger partial charge in [-0.05, 0) is 35.8 Å². The number of hydrogen-bond donors (Lipinski definition) is 1. The fourth-order valence-corrected chi connectivity index (χ4v) is 6.17. The summed E-state index contributed by atoms with van der Waals surface area (Å²) in [7, 11) is 3.46. The van der Waals surface area contributed by atoms with E-state index in [-0.39, 0.29) is 30.3 Å². The Morgan fingerprint density at radius 2 is 1.93 bits per heavy atom. The van der Waals surface area contributed by atoms with E-state index < -0.39 is 5.82 Å². The van der Waals surface area contributed by atoms with Crippen LogP contribution in [-0.4, -0.2) is 71.6 Å². The molecule has 0 fully saturated rings. The third-order valence-corrected chi connectivity index (χ3v) is 8.49. The number of aromatic nitrogens is 6. The van der Waals surface area contributed by atoms with E-state index >= 15 is 4.39 Å². The molecule has 0 aliphatic carbocycles. The van der Waals surface area contributed by atoms with Gasteiger partial charge in [-0.3, -0.25) is 19.0 Å². The van der Waals surface area contributed by atoms with E-state index in [4.69, 9.17) is 4.74 Å². The summed E-state index contributed by atoms with van der Waals surface area (Å²) < 4.78 is 25.6. The van der Waals surface area contributed by atoms with Gasteiger partial charge in [0, 0.05) is 61.4 Å². The van der Waals surface area contributed by atoms with Gasteiger partial charge in [-0.1, -0.05) is 29.5 Å². The lowest BCUT2D eigenvalue weighted by Crippen LogP contribution is -2.36. The number of carbonyl (C=O) groups is 2. The molecule has 3 aromatic heterocycles. The average molecular weight is 595 g/mol. The number of nitrogens with zero attached hydrogens (tertiary/aromatic N) is 7. The predicted octanol–water partition coefficient (Wildman–Crippen LogP) is 4.17. The van der Waals surface area contributed by atoms with Crippen molar-refractivity contribution in [3.8, 4) is 16.9 Å². The number of benzene rings is 2.